The normalized spacial score (nSPS) is 10.6. The van der Waals surface area contributed by atoms with Crippen LogP contribution in [0, 0.1) is 6.92 Å². The number of carboxylic acids is 1. The van der Waals surface area contributed by atoms with E-state index in [0.29, 0.717) is 16.9 Å². The maximum atomic E-state index is 10.9. The molecule has 2 rings (SSSR count). The van der Waals surface area contributed by atoms with E-state index in [0.717, 1.165) is 5.39 Å². The van der Waals surface area contributed by atoms with Gasteiger partial charge in [-0.2, -0.15) is 0 Å². The van der Waals surface area contributed by atoms with Crippen molar-refractivity contribution >= 4 is 28.5 Å². The lowest BCUT2D eigenvalue weighted by molar-refractivity contribution is 0.0664. The van der Waals surface area contributed by atoms with Crippen molar-refractivity contribution in [1.82, 2.24) is 0 Å². The van der Waals surface area contributed by atoms with E-state index in [9.17, 15) is 4.79 Å². The number of aryl methyl sites for hydroxylation is 1. The summed E-state index contributed by atoms with van der Waals surface area (Å²) >= 11 is 5.44. The van der Waals surface area contributed by atoms with Gasteiger partial charge >= 0.3 is 5.97 Å². The van der Waals surface area contributed by atoms with Crippen LogP contribution in [0.25, 0.3) is 11.0 Å². The monoisotopic (exact) mass is 240 g/mol. The highest BCUT2D eigenvalue weighted by Gasteiger charge is 2.16. The molecule has 5 heteroatoms. The molecule has 0 fully saturated rings. The zero-order valence-electron chi connectivity index (χ0n) is 8.49. The van der Waals surface area contributed by atoms with Gasteiger partial charge in [-0.3, -0.25) is 0 Å². The second kappa shape index (κ2) is 4.06. The molecule has 1 N–H and O–H groups in total. The quantitative estimate of drug-likeness (QED) is 0.838. The van der Waals surface area contributed by atoms with Gasteiger partial charge in [0.25, 0.3) is 0 Å². The van der Waals surface area contributed by atoms with Crippen LogP contribution in [0.15, 0.2) is 22.6 Å². The number of alkyl halides is 1. The SMILES string of the molecule is Cc1c(C(=O)O)oc2ccc(OCCl)cc12. The van der Waals surface area contributed by atoms with E-state index in [4.69, 9.17) is 25.9 Å². The molecule has 0 aliphatic rings. The van der Waals surface area contributed by atoms with E-state index in [1.807, 2.05) is 0 Å². The van der Waals surface area contributed by atoms with Crippen LogP contribution in [0.4, 0.5) is 0 Å². The number of fused-ring (bicyclic) bond motifs is 1. The van der Waals surface area contributed by atoms with Gasteiger partial charge in [0.1, 0.15) is 11.3 Å². The largest absolute Gasteiger partial charge is 0.478 e. The van der Waals surface area contributed by atoms with Gasteiger partial charge in [0.2, 0.25) is 5.76 Å². The summed E-state index contributed by atoms with van der Waals surface area (Å²) in [6.07, 6.45) is 0. The third-order valence-corrected chi connectivity index (χ3v) is 2.43. The molecule has 0 aliphatic heterocycles. The van der Waals surface area contributed by atoms with Crippen LogP contribution in [-0.2, 0) is 0 Å². The Labute approximate surface area is 96.4 Å². The number of carbonyl (C=O) groups is 1. The van der Waals surface area contributed by atoms with Crippen LogP contribution in [0.5, 0.6) is 5.75 Å². The summed E-state index contributed by atoms with van der Waals surface area (Å²) in [4.78, 5) is 10.9. The molecule has 1 heterocycles. The van der Waals surface area contributed by atoms with Gasteiger partial charge < -0.3 is 14.3 Å². The Kier molecular flexibility index (Phi) is 2.75. The van der Waals surface area contributed by atoms with E-state index in [-0.39, 0.29) is 11.8 Å². The molecule has 0 amide bonds. The predicted octanol–water partition coefficient (Wildman–Crippen LogP) is 3.01. The fraction of sp³-hybridized carbons (Fsp3) is 0.182. The molecule has 0 spiro atoms. The van der Waals surface area contributed by atoms with Crippen molar-refractivity contribution in [3.63, 3.8) is 0 Å². The third-order valence-electron chi connectivity index (χ3n) is 2.32. The van der Waals surface area contributed by atoms with Gasteiger partial charge in [0.05, 0.1) is 0 Å². The molecule has 16 heavy (non-hydrogen) atoms. The number of furan rings is 1. The fourth-order valence-corrected chi connectivity index (χ4v) is 1.68. The van der Waals surface area contributed by atoms with E-state index >= 15 is 0 Å². The Morgan fingerprint density at radius 3 is 2.94 bits per heavy atom. The summed E-state index contributed by atoms with van der Waals surface area (Å²) < 4.78 is 10.3. The summed E-state index contributed by atoms with van der Waals surface area (Å²) in [6.45, 7) is 1.69. The zero-order chi connectivity index (χ0) is 11.7. The van der Waals surface area contributed by atoms with Crippen molar-refractivity contribution in [3.05, 3.63) is 29.5 Å². The summed E-state index contributed by atoms with van der Waals surface area (Å²) in [5.74, 6) is -0.533. The lowest BCUT2D eigenvalue weighted by Gasteiger charge is -2.00. The molecule has 84 valence electrons. The molecule has 0 saturated heterocycles. The van der Waals surface area contributed by atoms with Crippen LogP contribution in [0.1, 0.15) is 16.1 Å². The molecule has 4 nitrogen and oxygen atoms in total. The predicted molar refractivity (Wildman–Crippen MR) is 59.3 cm³/mol. The van der Waals surface area contributed by atoms with Crippen molar-refractivity contribution in [2.75, 3.05) is 6.07 Å². The average molecular weight is 241 g/mol. The highest BCUT2D eigenvalue weighted by atomic mass is 35.5. The number of halogens is 1. The number of hydrogen-bond donors (Lipinski definition) is 1. The summed E-state index contributed by atoms with van der Waals surface area (Å²) in [5, 5.41) is 9.62. The number of carboxylic acid groups (broad SMARTS) is 1. The van der Waals surface area contributed by atoms with Gasteiger partial charge in [-0.1, -0.05) is 11.6 Å². The number of rotatable bonds is 3. The van der Waals surface area contributed by atoms with Gasteiger partial charge in [-0.15, -0.1) is 0 Å². The van der Waals surface area contributed by atoms with Crippen molar-refractivity contribution < 1.29 is 19.1 Å². The smallest absolute Gasteiger partial charge is 0.372 e. The van der Waals surface area contributed by atoms with Crippen LogP contribution >= 0.6 is 11.6 Å². The number of hydrogen-bond acceptors (Lipinski definition) is 3. The second-order valence-electron chi connectivity index (χ2n) is 3.27. The molecular weight excluding hydrogens is 232 g/mol. The second-order valence-corrected chi connectivity index (χ2v) is 3.49. The lowest BCUT2D eigenvalue weighted by atomic mass is 10.1. The van der Waals surface area contributed by atoms with Crippen LogP contribution in [0.3, 0.4) is 0 Å². The molecular formula is C11H9ClO4. The van der Waals surface area contributed by atoms with Crippen LogP contribution in [0.2, 0.25) is 0 Å². The molecule has 0 saturated carbocycles. The van der Waals surface area contributed by atoms with Gasteiger partial charge in [-0.05, 0) is 25.1 Å². The Hall–Kier alpha value is -1.68. The first-order valence-corrected chi connectivity index (χ1v) is 5.12. The maximum absolute atomic E-state index is 10.9. The van der Waals surface area contributed by atoms with Crippen molar-refractivity contribution in [2.45, 2.75) is 6.92 Å². The summed E-state index contributed by atoms with van der Waals surface area (Å²) in [7, 11) is 0. The molecule has 0 aliphatic carbocycles. The molecule has 2 aromatic rings. The van der Waals surface area contributed by atoms with Crippen molar-refractivity contribution in [2.24, 2.45) is 0 Å². The molecule has 0 unspecified atom stereocenters. The molecule has 0 bridgehead atoms. The van der Waals surface area contributed by atoms with Gasteiger partial charge in [0.15, 0.2) is 6.07 Å². The van der Waals surface area contributed by atoms with Gasteiger partial charge in [0, 0.05) is 10.9 Å². The van der Waals surface area contributed by atoms with Gasteiger partial charge in [-0.25, -0.2) is 4.79 Å². The number of aromatic carboxylic acids is 1. The van der Waals surface area contributed by atoms with Crippen LogP contribution in [-0.4, -0.2) is 17.1 Å². The minimum absolute atomic E-state index is 0.0435. The Morgan fingerprint density at radius 2 is 2.31 bits per heavy atom. The van der Waals surface area contributed by atoms with Crippen LogP contribution < -0.4 is 4.74 Å². The molecule has 1 aromatic heterocycles. The van der Waals surface area contributed by atoms with E-state index < -0.39 is 5.97 Å². The number of benzene rings is 1. The third kappa shape index (κ3) is 1.72. The summed E-state index contributed by atoms with van der Waals surface area (Å²) in [6, 6.07) is 5.10. The molecule has 0 radical (unpaired) electrons. The lowest BCUT2D eigenvalue weighted by Crippen LogP contribution is -1.95. The average Bonchev–Trinajstić information content (AvgIpc) is 2.57. The minimum atomic E-state index is -1.08. The van der Waals surface area contributed by atoms with Crippen molar-refractivity contribution in [3.8, 4) is 5.75 Å². The van der Waals surface area contributed by atoms with E-state index in [2.05, 4.69) is 0 Å². The Bertz CT molecular complexity index is 544. The molecule has 0 atom stereocenters. The Balaban J connectivity index is 2.59. The topological polar surface area (TPSA) is 59.7 Å². The fourth-order valence-electron chi connectivity index (χ4n) is 1.56. The highest BCUT2D eigenvalue weighted by molar-refractivity contribution is 6.17. The zero-order valence-corrected chi connectivity index (χ0v) is 9.25. The first-order chi connectivity index (χ1) is 7.63. The minimum Gasteiger partial charge on any atom is -0.478 e. The number of ether oxygens (including phenoxy) is 1. The standard InChI is InChI=1S/C11H9ClO4/c1-6-8-4-7(15-5-12)2-3-9(8)16-10(6)11(13)14/h2-4H,5H2,1H3,(H,13,14). The first kappa shape index (κ1) is 10.8. The van der Waals surface area contributed by atoms with E-state index in [1.54, 1.807) is 25.1 Å². The Morgan fingerprint density at radius 1 is 1.56 bits per heavy atom. The first-order valence-electron chi connectivity index (χ1n) is 4.58. The molecule has 1 aromatic carbocycles. The highest BCUT2D eigenvalue weighted by Crippen LogP contribution is 2.28. The van der Waals surface area contributed by atoms with E-state index in [1.165, 1.54) is 0 Å². The maximum Gasteiger partial charge on any atom is 0.372 e. The van der Waals surface area contributed by atoms with Crippen molar-refractivity contribution in [1.29, 1.82) is 0 Å². The summed E-state index contributed by atoms with van der Waals surface area (Å²) in [5.41, 5.74) is 1.11.